The molecule has 0 N–H and O–H groups in total. The molecule has 130 valence electrons. The number of hydrogen-bond donors (Lipinski definition) is 0. The van der Waals surface area contributed by atoms with E-state index in [2.05, 4.69) is 30.9 Å². The van der Waals surface area contributed by atoms with Gasteiger partial charge in [0.2, 0.25) is 0 Å². The topological polar surface area (TPSA) is 12.5 Å². The Labute approximate surface area is 143 Å². The Bertz CT molecular complexity index is 645. The van der Waals surface area contributed by atoms with Crippen molar-refractivity contribution in [1.29, 1.82) is 0 Å². The maximum Gasteiger partial charge on any atom is 0.131 e. The second kappa shape index (κ2) is 8.36. The van der Waals surface area contributed by atoms with Gasteiger partial charge in [0.1, 0.15) is 11.6 Å². The molecule has 1 atom stereocenters. The Morgan fingerprint density at radius 2 is 1.50 bits per heavy atom. The standard InChI is InChI=1S/C20H25F2NO/c1-14-7-5-8-15(2)20(14)16(11-23(3)4)12-24-13-17-18(21)9-6-10-19(17)22/h5-10,16H,11-13H2,1-4H3. The maximum atomic E-state index is 13.7. The average Bonchev–Trinajstić information content (AvgIpc) is 2.49. The molecule has 2 aromatic rings. The zero-order valence-electron chi connectivity index (χ0n) is 14.8. The fourth-order valence-corrected chi connectivity index (χ4v) is 3.11. The van der Waals surface area contributed by atoms with Crippen molar-refractivity contribution in [2.75, 3.05) is 27.2 Å². The number of rotatable bonds is 7. The van der Waals surface area contributed by atoms with Crippen molar-refractivity contribution in [3.05, 3.63) is 70.3 Å². The highest BCUT2D eigenvalue weighted by molar-refractivity contribution is 5.37. The van der Waals surface area contributed by atoms with Gasteiger partial charge in [-0.2, -0.15) is 0 Å². The molecule has 2 nitrogen and oxygen atoms in total. The summed E-state index contributed by atoms with van der Waals surface area (Å²) in [6, 6.07) is 10.1. The van der Waals surface area contributed by atoms with Gasteiger partial charge in [0.25, 0.3) is 0 Å². The zero-order chi connectivity index (χ0) is 17.7. The molecule has 0 saturated heterocycles. The van der Waals surface area contributed by atoms with E-state index in [9.17, 15) is 8.78 Å². The van der Waals surface area contributed by atoms with Crippen molar-refractivity contribution in [1.82, 2.24) is 4.90 Å². The quantitative estimate of drug-likeness (QED) is 0.742. The number of ether oxygens (including phenoxy) is 1. The Morgan fingerprint density at radius 1 is 0.958 bits per heavy atom. The Balaban J connectivity index is 2.13. The van der Waals surface area contributed by atoms with Crippen molar-refractivity contribution in [3.63, 3.8) is 0 Å². The minimum atomic E-state index is -0.564. The van der Waals surface area contributed by atoms with Gasteiger partial charge in [-0.15, -0.1) is 0 Å². The third kappa shape index (κ3) is 4.62. The minimum Gasteiger partial charge on any atom is -0.376 e. The van der Waals surface area contributed by atoms with Crippen molar-refractivity contribution < 1.29 is 13.5 Å². The summed E-state index contributed by atoms with van der Waals surface area (Å²) in [5.41, 5.74) is 3.66. The molecule has 2 aromatic carbocycles. The highest BCUT2D eigenvalue weighted by Gasteiger charge is 2.18. The molecule has 4 heteroatoms. The molecule has 24 heavy (non-hydrogen) atoms. The lowest BCUT2D eigenvalue weighted by atomic mass is 9.91. The van der Waals surface area contributed by atoms with Crippen LogP contribution >= 0.6 is 0 Å². The normalized spacial score (nSPS) is 12.6. The molecule has 0 heterocycles. The first-order chi connectivity index (χ1) is 11.4. The van der Waals surface area contributed by atoms with Crippen LogP contribution in [0.3, 0.4) is 0 Å². The molecule has 0 amide bonds. The molecule has 0 aliphatic carbocycles. The fraction of sp³-hybridized carbons (Fsp3) is 0.400. The summed E-state index contributed by atoms with van der Waals surface area (Å²) in [4.78, 5) is 2.10. The van der Waals surface area contributed by atoms with Crippen molar-refractivity contribution in [3.8, 4) is 0 Å². The maximum absolute atomic E-state index is 13.7. The molecule has 0 bridgehead atoms. The van der Waals surface area contributed by atoms with Crippen LogP contribution in [0.4, 0.5) is 8.78 Å². The highest BCUT2D eigenvalue weighted by Crippen LogP contribution is 2.25. The molecular formula is C20H25F2NO. The monoisotopic (exact) mass is 333 g/mol. The van der Waals surface area contributed by atoms with Crippen LogP contribution in [-0.2, 0) is 11.3 Å². The number of benzene rings is 2. The number of halogens is 2. The van der Waals surface area contributed by atoms with Crippen LogP contribution in [0.2, 0.25) is 0 Å². The Kier molecular flexibility index (Phi) is 6.46. The van der Waals surface area contributed by atoms with E-state index in [1.807, 2.05) is 20.2 Å². The van der Waals surface area contributed by atoms with Gasteiger partial charge in [-0.3, -0.25) is 0 Å². The third-order valence-corrected chi connectivity index (χ3v) is 4.16. The fourth-order valence-electron chi connectivity index (χ4n) is 3.11. The van der Waals surface area contributed by atoms with E-state index in [1.165, 1.54) is 34.9 Å². The lowest BCUT2D eigenvalue weighted by molar-refractivity contribution is 0.0949. The van der Waals surface area contributed by atoms with Crippen LogP contribution in [-0.4, -0.2) is 32.1 Å². The molecule has 0 aliphatic rings. The van der Waals surface area contributed by atoms with Gasteiger partial charge in [-0.25, -0.2) is 8.78 Å². The molecule has 0 spiro atoms. The summed E-state index contributed by atoms with van der Waals surface area (Å²) >= 11 is 0. The molecule has 0 aliphatic heterocycles. The van der Waals surface area contributed by atoms with E-state index in [1.54, 1.807) is 0 Å². The molecule has 0 aromatic heterocycles. The molecule has 0 fully saturated rings. The first-order valence-corrected chi connectivity index (χ1v) is 8.11. The Hall–Kier alpha value is -1.78. The summed E-state index contributed by atoms with van der Waals surface area (Å²) in [7, 11) is 4.02. The summed E-state index contributed by atoms with van der Waals surface area (Å²) < 4.78 is 33.1. The van der Waals surface area contributed by atoms with Crippen LogP contribution in [0, 0.1) is 25.5 Å². The first-order valence-electron chi connectivity index (χ1n) is 8.11. The number of hydrogen-bond acceptors (Lipinski definition) is 2. The summed E-state index contributed by atoms with van der Waals surface area (Å²) in [6.45, 7) is 5.33. The molecular weight excluding hydrogens is 308 g/mol. The minimum absolute atomic E-state index is 0.0115. The van der Waals surface area contributed by atoms with E-state index >= 15 is 0 Å². The van der Waals surface area contributed by atoms with E-state index in [4.69, 9.17) is 4.74 Å². The summed E-state index contributed by atoms with van der Waals surface area (Å²) in [5.74, 6) is -0.978. The van der Waals surface area contributed by atoms with Gasteiger partial charge in [0.05, 0.1) is 13.2 Å². The summed E-state index contributed by atoms with van der Waals surface area (Å²) in [6.07, 6.45) is 0. The van der Waals surface area contributed by atoms with Crippen LogP contribution < -0.4 is 0 Å². The van der Waals surface area contributed by atoms with Gasteiger partial charge < -0.3 is 9.64 Å². The van der Waals surface area contributed by atoms with E-state index < -0.39 is 11.6 Å². The number of aryl methyl sites for hydroxylation is 2. The van der Waals surface area contributed by atoms with Gasteiger partial charge in [-0.05, 0) is 56.8 Å². The van der Waals surface area contributed by atoms with Crippen molar-refractivity contribution >= 4 is 0 Å². The van der Waals surface area contributed by atoms with E-state index in [0.29, 0.717) is 6.61 Å². The molecule has 0 saturated carbocycles. The smallest absolute Gasteiger partial charge is 0.131 e. The molecule has 1 unspecified atom stereocenters. The van der Waals surface area contributed by atoms with E-state index in [-0.39, 0.29) is 18.1 Å². The summed E-state index contributed by atoms with van der Waals surface area (Å²) in [5, 5.41) is 0. The zero-order valence-corrected chi connectivity index (χ0v) is 14.8. The van der Waals surface area contributed by atoms with Crippen molar-refractivity contribution in [2.45, 2.75) is 26.4 Å². The second-order valence-corrected chi connectivity index (χ2v) is 6.48. The lowest BCUT2D eigenvalue weighted by Gasteiger charge is -2.25. The largest absolute Gasteiger partial charge is 0.376 e. The van der Waals surface area contributed by atoms with Crippen LogP contribution in [0.15, 0.2) is 36.4 Å². The molecule has 0 radical (unpaired) electrons. The van der Waals surface area contributed by atoms with Crippen LogP contribution in [0.5, 0.6) is 0 Å². The predicted octanol–water partition coefficient (Wildman–Crippen LogP) is 4.44. The van der Waals surface area contributed by atoms with Gasteiger partial charge >= 0.3 is 0 Å². The Morgan fingerprint density at radius 3 is 2.04 bits per heavy atom. The highest BCUT2D eigenvalue weighted by atomic mass is 19.1. The van der Waals surface area contributed by atoms with E-state index in [0.717, 1.165) is 6.54 Å². The van der Waals surface area contributed by atoms with Crippen molar-refractivity contribution in [2.24, 2.45) is 0 Å². The first kappa shape index (κ1) is 18.6. The van der Waals surface area contributed by atoms with Crippen LogP contribution in [0.1, 0.15) is 28.2 Å². The third-order valence-electron chi connectivity index (χ3n) is 4.16. The lowest BCUT2D eigenvalue weighted by Crippen LogP contribution is -2.25. The number of likely N-dealkylation sites (N-methyl/N-ethyl adjacent to an activating group) is 1. The predicted molar refractivity (Wildman–Crippen MR) is 93.2 cm³/mol. The van der Waals surface area contributed by atoms with Crippen LogP contribution in [0.25, 0.3) is 0 Å². The second-order valence-electron chi connectivity index (χ2n) is 6.48. The SMILES string of the molecule is Cc1cccc(C)c1C(COCc1c(F)cccc1F)CN(C)C. The van der Waals surface area contributed by atoms with Gasteiger partial charge in [0.15, 0.2) is 0 Å². The average molecular weight is 333 g/mol. The van der Waals surface area contributed by atoms with Gasteiger partial charge in [0, 0.05) is 18.0 Å². The number of nitrogens with zero attached hydrogens (tertiary/aromatic N) is 1. The molecule has 2 rings (SSSR count). The van der Waals surface area contributed by atoms with Gasteiger partial charge in [-0.1, -0.05) is 24.3 Å².